The van der Waals surface area contributed by atoms with Crippen molar-refractivity contribution in [3.8, 4) is 11.5 Å². The van der Waals surface area contributed by atoms with Gasteiger partial charge in [0.05, 0.1) is 0 Å². The number of rotatable bonds is 3. The minimum absolute atomic E-state index is 0.559. The summed E-state index contributed by atoms with van der Waals surface area (Å²) in [6, 6.07) is 8.68. The summed E-state index contributed by atoms with van der Waals surface area (Å²) in [5, 5.41) is 14.5. The molecule has 1 aromatic heterocycles. The Kier molecular flexibility index (Phi) is 3.23. The van der Waals surface area contributed by atoms with Crippen molar-refractivity contribution in [3.05, 3.63) is 30.7 Å². The minimum Gasteiger partial charge on any atom is -0.423 e. The van der Waals surface area contributed by atoms with Gasteiger partial charge >= 0.3 is 0 Å². The van der Waals surface area contributed by atoms with Gasteiger partial charge < -0.3 is 15.1 Å². The van der Waals surface area contributed by atoms with E-state index in [1.165, 1.54) is 19.2 Å². The van der Waals surface area contributed by atoms with E-state index in [0.29, 0.717) is 11.9 Å². The quantitative estimate of drug-likeness (QED) is 0.863. The predicted molar refractivity (Wildman–Crippen MR) is 69.2 cm³/mol. The number of piperidine rings is 1. The molecular formula is C13H16N4O. The second kappa shape index (κ2) is 5.18. The molecule has 1 aliphatic heterocycles. The maximum absolute atomic E-state index is 5.16. The summed E-state index contributed by atoms with van der Waals surface area (Å²) in [5.74, 6) is 0.559. The topological polar surface area (TPSA) is 63.0 Å². The van der Waals surface area contributed by atoms with E-state index in [2.05, 4.69) is 33.0 Å². The van der Waals surface area contributed by atoms with Gasteiger partial charge in [-0.3, -0.25) is 0 Å². The van der Waals surface area contributed by atoms with Crippen LogP contribution in [0.5, 0.6) is 0 Å². The third-order valence-electron chi connectivity index (χ3n) is 3.20. The summed E-state index contributed by atoms with van der Waals surface area (Å²) in [6.07, 6.45) is 3.69. The van der Waals surface area contributed by atoms with Gasteiger partial charge in [-0.1, -0.05) is 0 Å². The van der Waals surface area contributed by atoms with Gasteiger partial charge in [0.2, 0.25) is 12.3 Å². The van der Waals surface area contributed by atoms with Crippen molar-refractivity contribution < 1.29 is 4.42 Å². The Morgan fingerprint density at radius 3 is 2.61 bits per heavy atom. The highest BCUT2D eigenvalue weighted by Gasteiger charge is 2.12. The molecule has 5 heteroatoms. The monoisotopic (exact) mass is 244 g/mol. The largest absolute Gasteiger partial charge is 0.423 e. The molecule has 0 amide bonds. The average molecular weight is 244 g/mol. The molecule has 2 heterocycles. The van der Waals surface area contributed by atoms with Gasteiger partial charge in [0.15, 0.2) is 0 Å². The highest BCUT2D eigenvalue weighted by atomic mass is 16.4. The zero-order valence-corrected chi connectivity index (χ0v) is 10.1. The zero-order chi connectivity index (χ0) is 12.2. The van der Waals surface area contributed by atoms with E-state index in [9.17, 15) is 0 Å². The van der Waals surface area contributed by atoms with Crippen molar-refractivity contribution in [1.82, 2.24) is 15.5 Å². The molecule has 3 rings (SSSR count). The number of hydrogen-bond donors (Lipinski definition) is 2. The van der Waals surface area contributed by atoms with Crippen LogP contribution in [0.2, 0.25) is 0 Å². The van der Waals surface area contributed by atoms with Crippen molar-refractivity contribution in [2.45, 2.75) is 18.9 Å². The highest BCUT2D eigenvalue weighted by Crippen LogP contribution is 2.20. The van der Waals surface area contributed by atoms with E-state index >= 15 is 0 Å². The van der Waals surface area contributed by atoms with Gasteiger partial charge in [0, 0.05) is 17.3 Å². The van der Waals surface area contributed by atoms with Crippen LogP contribution in [-0.4, -0.2) is 29.3 Å². The Bertz CT molecular complexity index is 474. The summed E-state index contributed by atoms with van der Waals surface area (Å²) in [7, 11) is 0. The first-order chi connectivity index (χ1) is 8.92. The van der Waals surface area contributed by atoms with Crippen LogP contribution in [0.25, 0.3) is 11.5 Å². The van der Waals surface area contributed by atoms with Crippen molar-refractivity contribution >= 4 is 5.69 Å². The lowest BCUT2D eigenvalue weighted by Crippen LogP contribution is -2.35. The van der Waals surface area contributed by atoms with Crippen LogP contribution in [0.4, 0.5) is 5.69 Å². The maximum atomic E-state index is 5.16. The van der Waals surface area contributed by atoms with E-state index in [1.54, 1.807) is 0 Å². The Hall–Kier alpha value is -1.88. The molecule has 0 unspecified atom stereocenters. The van der Waals surface area contributed by atoms with Gasteiger partial charge in [-0.15, -0.1) is 10.2 Å². The zero-order valence-electron chi connectivity index (χ0n) is 10.1. The molecule has 5 nitrogen and oxygen atoms in total. The molecule has 1 aliphatic rings. The second-order valence-corrected chi connectivity index (χ2v) is 4.49. The number of anilines is 1. The predicted octanol–water partition coefficient (Wildman–Crippen LogP) is 1.90. The first-order valence-corrected chi connectivity index (χ1v) is 6.26. The Labute approximate surface area is 106 Å². The van der Waals surface area contributed by atoms with E-state index in [0.717, 1.165) is 24.3 Å². The number of benzene rings is 1. The first-order valence-electron chi connectivity index (χ1n) is 6.26. The number of nitrogens with zero attached hydrogens (tertiary/aromatic N) is 2. The van der Waals surface area contributed by atoms with Crippen LogP contribution in [0.1, 0.15) is 12.8 Å². The minimum atomic E-state index is 0.559. The fraction of sp³-hybridized carbons (Fsp3) is 0.385. The normalized spacial score (nSPS) is 16.7. The molecule has 2 aromatic rings. The molecule has 0 saturated carbocycles. The molecule has 0 spiro atoms. The van der Waals surface area contributed by atoms with Crippen molar-refractivity contribution in [2.75, 3.05) is 18.4 Å². The van der Waals surface area contributed by atoms with Crippen molar-refractivity contribution in [2.24, 2.45) is 0 Å². The summed E-state index contributed by atoms with van der Waals surface area (Å²) < 4.78 is 5.16. The van der Waals surface area contributed by atoms with E-state index < -0.39 is 0 Å². The van der Waals surface area contributed by atoms with Crippen LogP contribution in [-0.2, 0) is 0 Å². The summed E-state index contributed by atoms with van der Waals surface area (Å²) in [5.41, 5.74) is 2.09. The molecule has 0 aliphatic carbocycles. The fourth-order valence-electron chi connectivity index (χ4n) is 2.21. The lowest BCUT2D eigenvalue weighted by Gasteiger charge is -2.24. The molecule has 1 saturated heterocycles. The summed E-state index contributed by atoms with van der Waals surface area (Å²) in [4.78, 5) is 0. The Morgan fingerprint density at radius 2 is 1.94 bits per heavy atom. The third-order valence-corrected chi connectivity index (χ3v) is 3.20. The van der Waals surface area contributed by atoms with Crippen LogP contribution in [0.15, 0.2) is 35.1 Å². The van der Waals surface area contributed by atoms with E-state index in [1.807, 2.05) is 12.1 Å². The highest BCUT2D eigenvalue weighted by molar-refractivity contribution is 5.58. The number of nitrogens with one attached hydrogen (secondary N) is 2. The molecule has 0 radical (unpaired) electrons. The smallest absolute Gasteiger partial charge is 0.247 e. The van der Waals surface area contributed by atoms with Gasteiger partial charge in [-0.2, -0.15) is 0 Å². The fourth-order valence-corrected chi connectivity index (χ4v) is 2.21. The van der Waals surface area contributed by atoms with E-state index in [4.69, 9.17) is 4.42 Å². The molecule has 0 atom stereocenters. The summed E-state index contributed by atoms with van der Waals surface area (Å²) in [6.45, 7) is 2.19. The van der Waals surface area contributed by atoms with Crippen molar-refractivity contribution in [1.29, 1.82) is 0 Å². The number of aromatic nitrogens is 2. The van der Waals surface area contributed by atoms with Gasteiger partial charge in [-0.25, -0.2) is 0 Å². The molecule has 2 N–H and O–H groups in total. The molecule has 0 bridgehead atoms. The standard InChI is InChI=1S/C13H16N4O/c1-3-11(16-12-5-7-14-8-6-12)4-2-10(1)13-17-15-9-18-13/h1-4,9,12,14,16H,5-8H2. The number of hydrogen-bond acceptors (Lipinski definition) is 5. The van der Waals surface area contributed by atoms with Crippen LogP contribution >= 0.6 is 0 Å². The SMILES string of the molecule is c1nnc(-c2ccc(NC3CCNCC3)cc2)o1. The van der Waals surface area contributed by atoms with Crippen LogP contribution < -0.4 is 10.6 Å². The third kappa shape index (κ3) is 2.51. The Morgan fingerprint density at radius 1 is 1.17 bits per heavy atom. The summed E-state index contributed by atoms with van der Waals surface area (Å²) >= 11 is 0. The van der Waals surface area contributed by atoms with Gasteiger partial charge in [-0.05, 0) is 50.2 Å². The van der Waals surface area contributed by atoms with Crippen molar-refractivity contribution in [3.63, 3.8) is 0 Å². The second-order valence-electron chi connectivity index (χ2n) is 4.49. The van der Waals surface area contributed by atoms with E-state index in [-0.39, 0.29) is 0 Å². The average Bonchev–Trinajstić information content (AvgIpc) is 2.95. The van der Waals surface area contributed by atoms with Crippen LogP contribution in [0, 0.1) is 0 Å². The van der Waals surface area contributed by atoms with Crippen LogP contribution in [0.3, 0.4) is 0 Å². The lowest BCUT2D eigenvalue weighted by atomic mass is 10.1. The first kappa shape index (κ1) is 11.2. The Balaban J connectivity index is 1.67. The molecule has 1 aromatic carbocycles. The maximum Gasteiger partial charge on any atom is 0.247 e. The molecule has 18 heavy (non-hydrogen) atoms. The lowest BCUT2D eigenvalue weighted by molar-refractivity contribution is 0.479. The van der Waals surface area contributed by atoms with Gasteiger partial charge in [0.1, 0.15) is 0 Å². The van der Waals surface area contributed by atoms with Gasteiger partial charge in [0.25, 0.3) is 0 Å². The molecular weight excluding hydrogens is 228 g/mol. The molecule has 94 valence electrons. The molecule has 1 fully saturated rings.